The molecule has 0 aliphatic heterocycles. The van der Waals surface area contributed by atoms with Crippen molar-refractivity contribution in [1.82, 2.24) is 10.2 Å². The Morgan fingerprint density at radius 1 is 1.05 bits per heavy atom. The Morgan fingerprint density at radius 2 is 1.72 bits per heavy atom. The van der Waals surface area contributed by atoms with Gasteiger partial charge < -0.3 is 25.8 Å². The quantitative estimate of drug-likeness (QED) is 0.313. The number of nitrogens with zero attached hydrogens (tertiary/aromatic N) is 1. The smallest absolute Gasteiger partial charge is 0.407 e. The van der Waals surface area contributed by atoms with Gasteiger partial charge in [0.25, 0.3) is 0 Å². The fourth-order valence-corrected chi connectivity index (χ4v) is 4.22. The molecule has 0 aliphatic rings. The molecule has 3 atom stereocenters. The van der Waals surface area contributed by atoms with Crippen molar-refractivity contribution in [1.29, 1.82) is 0 Å². The second kappa shape index (κ2) is 15.9. The van der Waals surface area contributed by atoms with E-state index in [1.54, 1.807) is 0 Å². The zero-order chi connectivity index (χ0) is 28.9. The van der Waals surface area contributed by atoms with Gasteiger partial charge in [-0.1, -0.05) is 44.5 Å². The molecule has 0 spiro atoms. The molecule has 8 nitrogen and oxygen atoms in total. The molecule has 0 unspecified atom stereocenters. The molecule has 0 radical (unpaired) electrons. The standard InChI is InChI=1S/C29H39F2N3O5/c1-4-6-10-24(35)16-26(33-29(38)39-3)28(37)34(17-20-9-7-8-19(5-2)11-20)18-27(36)25(32)14-21-12-22(30)15-23(31)13-21/h7-9,11-13,15,25-27,36H,4-6,10,14,16-18,32H2,1-3H3,(H,33,38)/t25-,26+,27+/m0/s1. The van der Waals surface area contributed by atoms with Gasteiger partial charge in [-0.3, -0.25) is 9.59 Å². The lowest BCUT2D eigenvalue weighted by Crippen LogP contribution is -2.53. The average molecular weight is 548 g/mol. The molecule has 10 heteroatoms. The van der Waals surface area contributed by atoms with Gasteiger partial charge in [0.1, 0.15) is 23.5 Å². The second-order valence-electron chi connectivity index (χ2n) is 9.64. The molecule has 2 rings (SSSR count). The number of methoxy groups -OCH3 is 1. The number of nitrogens with one attached hydrogen (secondary N) is 1. The number of carbonyl (C=O) groups excluding carboxylic acids is 3. The number of carbonyl (C=O) groups is 3. The Labute approximate surface area is 228 Å². The fourth-order valence-electron chi connectivity index (χ4n) is 4.22. The Balaban J connectivity index is 2.31. The Bertz CT molecular complexity index is 1090. The van der Waals surface area contributed by atoms with Gasteiger partial charge in [0.15, 0.2) is 0 Å². The number of amides is 2. The highest BCUT2D eigenvalue weighted by Gasteiger charge is 2.31. The van der Waals surface area contributed by atoms with Crippen LogP contribution >= 0.6 is 0 Å². The number of ketones is 1. The number of rotatable bonds is 15. The highest BCUT2D eigenvalue weighted by Crippen LogP contribution is 2.16. The molecular weight excluding hydrogens is 508 g/mol. The summed E-state index contributed by atoms with van der Waals surface area (Å²) in [6.07, 6.45) is 0.0803. The number of ether oxygens (including phenoxy) is 1. The maximum atomic E-state index is 13.7. The minimum atomic E-state index is -1.27. The molecule has 0 fully saturated rings. The summed E-state index contributed by atoms with van der Waals surface area (Å²) in [7, 11) is 1.15. The fraction of sp³-hybridized carbons (Fsp3) is 0.483. The largest absolute Gasteiger partial charge is 0.453 e. The molecule has 4 N–H and O–H groups in total. The Hall–Kier alpha value is -3.37. The minimum absolute atomic E-state index is 0.0391. The summed E-state index contributed by atoms with van der Waals surface area (Å²) < 4.78 is 31.9. The van der Waals surface area contributed by atoms with E-state index in [9.17, 15) is 28.3 Å². The van der Waals surface area contributed by atoms with Crippen molar-refractivity contribution in [3.63, 3.8) is 0 Å². The molecule has 214 valence electrons. The van der Waals surface area contributed by atoms with Crippen molar-refractivity contribution < 1.29 is 33.0 Å². The average Bonchev–Trinajstić information content (AvgIpc) is 2.90. The monoisotopic (exact) mass is 547 g/mol. The number of unbranched alkanes of at least 4 members (excludes halogenated alkanes) is 1. The van der Waals surface area contributed by atoms with Crippen molar-refractivity contribution in [3.05, 3.63) is 70.8 Å². The van der Waals surface area contributed by atoms with Crippen molar-refractivity contribution in [2.45, 2.75) is 77.1 Å². The van der Waals surface area contributed by atoms with Crippen LogP contribution < -0.4 is 11.1 Å². The number of nitrogens with two attached hydrogens (primary N) is 1. The number of aliphatic hydroxyl groups is 1. The van der Waals surface area contributed by atoms with E-state index in [-0.39, 0.29) is 43.7 Å². The molecule has 39 heavy (non-hydrogen) atoms. The second-order valence-corrected chi connectivity index (χ2v) is 9.64. The van der Waals surface area contributed by atoms with E-state index in [4.69, 9.17) is 5.73 Å². The van der Waals surface area contributed by atoms with Gasteiger partial charge >= 0.3 is 6.09 Å². The topological polar surface area (TPSA) is 122 Å². The van der Waals surface area contributed by atoms with Crippen molar-refractivity contribution in [3.8, 4) is 0 Å². The third kappa shape index (κ3) is 10.7. The molecule has 0 aliphatic carbocycles. The lowest BCUT2D eigenvalue weighted by atomic mass is 10.00. The first-order valence-electron chi connectivity index (χ1n) is 13.2. The molecule has 0 saturated heterocycles. The van der Waals surface area contributed by atoms with Gasteiger partial charge in [-0.25, -0.2) is 13.6 Å². The van der Waals surface area contributed by atoms with E-state index < -0.39 is 41.8 Å². The van der Waals surface area contributed by atoms with Crippen LogP contribution in [0, 0.1) is 11.6 Å². The van der Waals surface area contributed by atoms with E-state index in [1.165, 1.54) is 4.90 Å². The van der Waals surface area contributed by atoms with Crippen LogP contribution in [0.3, 0.4) is 0 Å². The number of halogens is 2. The van der Waals surface area contributed by atoms with Crippen LogP contribution in [0.25, 0.3) is 0 Å². The van der Waals surface area contributed by atoms with E-state index in [0.29, 0.717) is 6.42 Å². The third-order valence-electron chi connectivity index (χ3n) is 6.40. The summed E-state index contributed by atoms with van der Waals surface area (Å²) in [4.78, 5) is 39.6. The first-order valence-corrected chi connectivity index (χ1v) is 13.2. The number of benzene rings is 2. The molecule has 0 aromatic heterocycles. The van der Waals surface area contributed by atoms with E-state index in [0.717, 1.165) is 49.3 Å². The Morgan fingerprint density at radius 3 is 2.33 bits per heavy atom. The highest BCUT2D eigenvalue weighted by atomic mass is 19.1. The summed E-state index contributed by atoms with van der Waals surface area (Å²) in [5, 5.41) is 13.4. The normalized spacial score (nSPS) is 13.3. The first kappa shape index (κ1) is 31.8. The van der Waals surface area contributed by atoms with Gasteiger partial charge in [0.05, 0.1) is 13.2 Å². The van der Waals surface area contributed by atoms with Crippen molar-refractivity contribution >= 4 is 17.8 Å². The zero-order valence-corrected chi connectivity index (χ0v) is 22.8. The number of aryl methyl sites for hydroxylation is 1. The zero-order valence-electron chi connectivity index (χ0n) is 22.8. The van der Waals surface area contributed by atoms with Crippen LogP contribution in [-0.2, 0) is 33.7 Å². The highest BCUT2D eigenvalue weighted by molar-refractivity contribution is 5.91. The maximum Gasteiger partial charge on any atom is 0.407 e. The first-order chi connectivity index (χ1) is 18.6. The van der Waals surface area contributed by atoms with Crippen molar-refractivity contribution in [2.75, 3.05) is 13.7 Å². The lowest BCUT2D eigenvalue weighted by Gasteiger charge is -2.31. The number of aliphatic hydroxyl groups excluding tert-OH is 1. The number of hydrogen-bond acceptors (Lipinski definition) is 6. The van der Waals surface area contributed by atoms with Gasteiger partial charge in [0.2, 0.25) is 5.91 Å². The van der Waals surface area contributed by atoms with Crippen LogP contribution in [0.4, 0.5) is 13.6 Å². The number of alkyl carbamates (subject to hydrolysis) is 1. The van der Waals surface area contributed by atoms with Gasteiger partial charge in [0, 0.05) is 38.0 Å². The van der Waals surface area contributed by atoms with Crippen LogP contribution in [-0.4, -0.2) is 59.6 Å². The van der Waals surface area contributed by atoms with Crippen LogP contribution in [0.15, 0.2) is 42.5 Å². The molecule has 0 bridgehead atoms. The molecule has 2 amide bonds. The van der Waals surface area contributed by atoms with E-state index in [1.807, 2.05) is 38.1 Å². The van der Waals surface area contributed by atoms with E-state index >= 15 is 0 Å². The van der Waals surface area contributed by atoms with E-state index in [2.05, 4.69) is 10.1 Å². The predicted octanol–water partition coefficient (Wildman–Crippen LogP) is 3.66. The molecule has 0 heterocycles. The van der Waals surface area contributed by atoms with Crippen molar-refractivity contribution in [2.24, 2.45) is 5.73 Å². The van der Waals surface area contributed by atoms with Crippen LogP contribution in [0.5, 0.6) is 0 Å². The summed E-state index contributed by atoms with van der Waals surface area (Å²) >= 11 is 0. The molecule has 2 aromatic rings. The third-order valence-corrected chi connectivity index (χ3v) is 6.40. The maximum absolute atomic E-state index is 13.7. The number of hydrogen-bond donors (Lipinski definition) is 3. The molecular formula is C29H39F2N3O5. The molecule has 2 aromatic carbocycles. The molecule has 0 saturated carbocycles. The van der Waals surface area contributed by atoms with Gasteiger partial charge in [-0.05, 0) is 48.1 Å². The Kier molecular flexibility index (Phi) is 13.0. The predicted molar refractivity (Wildman–Crippen MR) is 144 cm³/mol. The lowest BCUT2D eigenvalue weighted by molar-refractivity contribution is -0.137. The summed E-state index contributed by atoms with van der Waals surface area (Å²) in [6.45, 7) is 3.78. The number of Topliss-reactive ketones (excluding diaryl/α,β-unsaturated/α-hetero) is 1. The minimum Gasteiger partial charge on any atom is -0.453 e. The summed E-state index contributed by atoms with van der Waals surface area (Å²) in [5.74, 6) is -2.30. The van der Waals surface area contributed by atoms with Gasteiger partial charge in [-0.15, -0.1) is 0 Å². The summed E-state index contributed by atoms with van der Waals surface area (Å²) in [5.41, 5.74) is 8.27. The van der Waals surface area contributed by atoms with Crippen LogP contribution in [0.1, 0.15) is 56.2 Å². The summed E-state index contributed by atoms with van der Waals surface area (Å²) in [6, 6.07) is 8.40. The SMILES string of the molecule is CCCCC(=O)C[C@@H](NC(=O)OC)C(=O)N(Cc1cccc(CC)c1)C[C@@H](O)[C@@H](N)Cc1cc(F)cc(F)c1. The van der Waals surface area contributed by atoms with Crippen LogP contribution in [0.2, 0.25) is 0 Å². The van der Waals surface area contributed by atoms with Gasteiger partial charge in [-0.2, -0.15) is 0 Å².